The number of hydrogen-bond acceptors (Lipinski definition) is 9. The molecule has 1 N–H and O–H groups in total. The van der Waals surface area contributed by atoms with Crippen LogP contribution in [0.3, 0.4) is 0 Å². The third-order valence-corrected chi connectivity index (χ3v) is 8.10. The Morgan fingerprint density at radius 1 is 0.841 bits per heavy atom. The van der Waals surface area contributed by atoms with Crippen molar-refractivity contribution in [1.82, 2.24) is 19.5 Å². The first-order valence-corrected chi connectivity index (χ1v) is 15.5. The van der Waals surface area contributed by atoms with Gasteiger partial charge < -0.3 is 10.2 Å². The number of benzene rings is 4. The molecule has 0 bridgehead atoms. The molecule has 0 spiro atoms. The van der Waals surface area contributed by atoms with E-state index in [1.807, 2.05) is 60.7 Å². The van der Waals surface area contributed by atoms with Crippen LogP contribution in [0.1, 0.15) is 11.1 Å². The van der Waals surface area contributed by atoms with Gasteiger partial charge in [-0.25, -0.2) is 13.4 Å². The lowest BCUT2D eigenvalue weighted by atomic mass is 10.1. The largest absolute Gasteiger partial charge is 0.346 e. The van der Waals surface area contributed by atoms with Gasteiger partial charge in [-0.1, -0.05) is 66.7 Å². The number of nitro benzene ring substituents is 1. The van der Waals surface area contributed by atoms with Crippen molar-refractivity contribution < 1.29 is 13.3 Å². The first-order valence-electron chi connectivity index (χ1n) is 13.6. The molecule has 12 heteroatoms. The van der Waals surface area contributed by atoms with Crippen molar-refractivity contribution in [3.63, 3.8) is 0 Å². The average Bonchev–Trinajstić information content (AvgIpc) is 3.45. The zero-order chi connectivity index (χ0) is 30.7. The Bertz CT molecular complexity index is 2010. The Morgan fingerprint density at radius 3 is 2.07 bits per heavy atom. The van der Waals surface area contributed by atoms with Gasteiger partial charge in [0.25, 0.3) is 5.69 Å². The summed E-state index contributed by atoms with van der Waals surface area (Å²) in [6, 6.07) is 32.6. The van der Waals surface area contributed by atoms with E-state index in [1.165, 1.54) is 24.3 Å². The Balaban J connectivity index is 1.50. The molecule has 2 aromatic heterocycles. The molecule has 220 valence electrons. The summed E-state index contributed by atoms with van der Waals surface area (Å²) in [7, 11) is -3.36. The predicted molar refractivity (Wildman–Crippen MR) is 169 cm³/mol. The van der Waals surface area contributed by atoms with E-state index in [2.05, 4.69) is 10.2 Å². The van der Waals surface area contributed by atoms with Gasteiger partial charge in [0.2, 0.25) is 5.95 Å². The molecule has 0 saturated heterocycles. The molecule has 0 amide bonds. The van der Waals surface area contributed by atoms with Crippen molar-refractivity contribution in [2.45, 2.75) is 18.0 Å². The highest BCUT2D eigenvalue weighted by atomic mass is 32.2. The summed E-state index contributed by atoms with van der Waals surface area (Å²) >= 11 is 0. The Kier molecular flexibility index (Phi) is 7.73. The fourth-order valence-electron chi connectivity index (χ4n) is 4.83. The van der Waals surface area contributed by atoms with Crippen molar-refractivity contribution in [3.8, 4) is 5.69 Å². The van der Waals surface area contributed by atoms with Crippen LogP contribution in [0.2, 0.25) is 0 Å². The molecule has 0 aliphatic carbocycles. The Morgan fingerprint density at radius 2 is 1.48 bits per heavy atom. The van der Waals surface area contributed by atoms with Crippen LogP contribution < -0.4 is 10.2 Å². The molecule has 0 atom stereocenters. The molecule has 0 unspecified atom stereocenters. The quantitative estimate of drug-likeness (QED) is 0.146. The summed E-state index contributed by atoms with van der Waals surface area (Å²) in [5, 5.41) is 14.7. The number of sulfone groups is 1. The molecule has 0 radical (unpaired) electrons. The highest BCUT2D eigenvalue weighted by Gasteiger charge is 2.21. The third-order valence-electron chi connectivity index (χ3n) is 6.97. The van der Waals surface area contributed by atoms with Crippen LogP contribution in [0.5, 0.6) is 0 Å². The molecule has 6 rings (SSSR count). The summed E-state index contributed by atoms with van der Waals surface area (Å²) in [5.74, 6) is 0.806. The first-order chi connectivity index (χ1) is 21.2. The number of fused-ring (bicyclic) bond motifs is 1. The number of rotatable bonds is 10. The third kappa shape index (κ3) is 6.25. The molecule has 11 nitrogen and oxygen atoms in total. The predicted octanol–water partition coefficient (Wildman–Crippen LogP) is 6.08. The lowest BCUT2D eigenvalue weighted by Gasteiger charge is -2.25. The zero-order valence-corrected chi connectivity index (χ0v) is 24.4. The van der Waals surface area contributed by atoms with E-state index in [9.17, 15) is 18.5 Å². The molecule has 0 saturated carbocycles. The SMILES string of the molecule is CS(=O)(=O)c1ccc(Nc2nc(N(Cc3ccccc3)Cc3ccccc3)c3ncn(-c4cccc([N+](=O)[O-])c4)c3n2)cc1. The summed E-state index contributed by atoms with van der Waals surface area (Å²) in [4.78, 5) is 27.8. The van der Waals surface area contributed by atoms with Crippen LogP contribution in [0, 0.1) is 10.1 Å². The minimum Gasteiger partial charge on any atom is -0.346 e. The van der Waals surface area contributed by atoms with Crippen molar-refractivity contribution in [2.75, 3.05) is 16.5 Å². The summed E-state index contributed by atoms with van der Waals surface area (Å²) in [6.07, 6.45) is 2.73. The Hall–Kier alpha value is -5.62. The van der Waals surface area contributed by atoms with Gasteiger partial charge in [-0.05, 0) is 41.5 Å². The van der Waals surface area contributed by atoms with Crippen molar-refractivity contribution in [1.29, 1.82) is 0 Å². The molecule has 2 heterocycles. The zero-order valence-electron chi connectivity index (χ0n) is 23.6. The van der Waals surface area contributed by atoms with E-state index in [4.69, 9.17) is 15.0 Å². The second-order valence-electron chi connectivity index (χ2n) is 10.2. The molecule has 44 heavy (non-hydrogen) atoms. The first kappa shape index (κ1) is 28.5. The van der Waals surface area contributed by atoms with Gasteiger partial charge in [-0.2, -0.15) is 9.97 Å². The lowest BCUT2D eigenvalue weighted by molar-refractivity contribution is -0.384. The summed E-state index contributed by atoms with van der Waals surface area (Å²) in [6.45, 7) is 1.04. The number of imidazole rings is 1. The van der Waals surface area contributed by atoms with Gasteiger partial charge in [-0.15, -0.1) is 0 Å². The second kappa shape index (κ2) is 11.9. The molecule has 6 aromatic rings. The molecule has 0 aliphatic rings. The maximum absolute atomic E-state index is 12.0. The summed E-state index contributed by atoms with van der Waals surface area (Å²) in [5.41, 5.74) is 4.14. The van der Waals surface area contributed by atoms with Crippen LogP contribution in [0.4, 0.5) is 23.1 Å². The second-order valence-corrected chi connectivity index (χ2v) is 12.2. The van der Waals surface area contributed by atoms with Crippen LogP contribution in [-0.2, 0) is 22.9 Å². The van der Waals surface area contributed by atoms with Gasteiger partial charge in [0.1, 0.15) is 6.33 Å². The number of nitro groups is 1. The topological polar surface area (TPSA) is 136 Å². The van der Waals surface area contributed by atoms with Gasteiger partial charge in [0, 0.05) is 37.2 Å². The van der Waals surface area contributed by atoms with E-state index in [-0.39, 0.29) is 16.5 Å². The van der Waals surface area contributed by atoms with Gasteiger partial charge in [0.15, 0.2) is 26.8 Å². The van der Waals surface area contributed by atoms with Crippen LogP contribution in [0.25, 0.3) is 16.9 Å². The number of anilines is 3. The van der Waals surface area contributed by atoms with Crippen molar-refractivity contribution in [2.24, 2.45) is 0 Å². The molecular formula is C32H27N7O4S. The lowest BCUT2D eigenvalue weighted by Crippen LogP contribution is -2.24. The molecule has 0 fully saturated rings. The average molecular weight is 606 g/mol. The molecular weight excluding hydrogens is 578 g/mol. The number of hydrogen-bond donors (Lipinski definition) is 1. The fourth-order valence-corrected chi connectivity index (χ4v) is 5.47. The fraction of sp³-hybridized carbons (Fsp3) is 0.0938. The molecule has 4 aromatic carbocycles. The minimum atomic E-state index is -3.36. The van der Waals surface area contributed by atoms with E-state index in [0.29, 0.717) is 41.4 Å². The van der Waals surface area contributed by atoms with Crippen LogP contribution >= 0.6 is 0 Å². The monoisotopic (exact) mass is 605 g/mol. The minimum absolute atomic E-state index is 0.0577. The maximum atomic E-state index is 12.0. The van der Waals surface area contributed by atoms with E-state index in [0.717, 1.165) is 17.4 Å². The summed E-state index contributed by atoms with van der Waals surface area (Å²) < 4.78 is 25.6. The van der Waals surface area contributed by atoms with Gasteiger partial charge >= 0.3 is 0 Å². The smallest absolute Gasteiger partial charge is 0.271 e. The Labute approximate surface area is 253 Å². The van der Waals surface area contributed by atoms with Crippen LogP contribution in [0.15, 0.2) is 120 Å². The highest BCUT2D eigenvalue weighted by molar-refractivity contribution is 7.90. The molecule has 0 aliphatic heterocycles. The number of aromatic nitrogens is 4. The van der Waals surface area contributed by atoms with E-state index >= 15 is 0 Å². The van der Waals surface area contributed by atoms with E-state index < -0.39 is 14.8 Å². The van der Waals surface area contributed by atoms with Crippen molar-refractivity contribution in [3.05, 3.63) is 137 Å². The van der Waals surface area contributed by atoms with Crippen molar-refractivity contribution >= 4 is 44.1 Å². The number of nitrogens with one attached hydrogen (secondary N) is 1. The van der Waals surface area contributed by atoms with Gasteiger partial charge in [0.05, 0.1) is 15.5 Å². The number of nitrogens with zero attached hydrogens (tertiary/aromatic N) is 6. The highest BCUT2D eigenvalue weighted by Crippen LogP contribution is 2.30. The standard InChI is InChI=1S/C32H27N7O4S/c1-44(42,43)28-17-15-25(16-18-28)34-32-35-30(37(20-23-9-4-2-5-10-23)21-24-11-6-3-7-12-24)29-31(36-32)38(22-33-29)26-13-8-14-27(19-26)39(40)41/h2-19,22H,20-21H2,1H3,(H,34,35,36). The van der Waals surface area contributed by atoms with Gasteiger partial charge in [-0.3, -0.25) is 14.7 Å². The normalized spacial score (nSPS) is 11.4. The van der Waals surface area contributed by atoms with E-state index in [1.54, 1.807) is 35.2 Å². The number of non-ortho nitro benzene ring substituents is 1. The van der Waals surface area contributed by atoms with Crippen LogP contribution in [-0.4, -0.2) is 39.1 Å². The maximum Gasteiger partial charge on any atom is 0.271 e.